The fourth-order valence-corrected chi connectivity index (χ4v) is 2.49. The van der Waals surface area contributed by atoms with E-state index in [1.54, 1.807) is 0 Å². The van der Waals surface area contributed by atoms with Gasteiger partial charge in [-0.1, -0.05) is 19.9 Å². The molecule has 0 aliphatic carbocycles. The van der Waals surface area contributed by atoms with Gasteiger partial charge in [-0.25, -0.2) is 8.78 Å². The second-order valence-electron chi connectivity index (χ2n) is 5.92. The van der Waals surface area contributed by atoms with Crippen molar-refractivity contribution < 1.29 is 13.9 Å². The lowest BCUT2D eigenvalue weighted by molar-refractivity contribution is 0.459. The molecule has 0 aliphatic heterocycles. The summed E-state index contributed by atoms with van der Waals surface area (Å²) in [6.45, 7) is 4.03. The molecule has 0 amide bonds. The smallest absolute Gasteiger partial charge is 0.218 e. The highest BCUT2D eigenvalue weighted by Crippen LogP contribution is 2.37. The Morgan fingerprint density at radius 1 is 1.12 bits per heavy atom. The van der Waals surface area contributed by atoms with Crippen molar-refractivity contribution in [2.24, 2.45) is 10.2 Å². The minimum atomic E-state index is -0.541. The first-order valence-corrected chi connectivity index (χ1v) is 7.61. The minimum Gasteiger partial charge on any atom is -0.493 e. The van der Waals surface area contributed by atoms with Crippen molar-refractivity contribution in [3.05, 3.63) is 59.2 Å². The van der Waals surface area contributed by atoms with Crippen LogP contribution in [-0.4, -0.2) is 10.1 Å². The van der Waals surface area contributed by atoms with Crippen LogP contribution in [0.4, 0.5) is 14.5 Å². The molecule has 0 spiro atoms. The summed E-state index contributed by atoms with van der Waals surface area (Å²) in [5.41, 5.74) is 2.25. The van der Waals surface area contributed by atoms with Crippen molar-refractivity contribution >= 4 is 16.6 Å². The fraction of sp³-hybridized carbons (Fsp3) is 0.222. The maximum absolute atomic E-state index is 13.6. The molecule has 0 radical (unpaired) electrons. The maximum atomic E-state index is 13.6. The number of aromatic nitrogens is 1. The number of nitrogens with one attached hydrogen (secondary N) is 1. The van der Waals surface area contributed by atoms with E-state index in [9.17, 15) is 13.9 Å². The van der Waals surface area contributed by atoms with E-state index in [-0.39, 0.29) is 18.0 Å². The first kappa shape index (κ1) is 16.1. The van der Waals surface area contributed by atoms with Gasteiger partial charge in [-0.15, -0.1) is 5.11 Å². The number of halogens is 2. The van der Waals surface area contributed by atoms with Crippen LogP contribution in [-0.2, 0) is 6.54 Å². The summed E-state index contributed by atoms with van der Waals surface area (Å²) in [6, 6.07) is 8.97. The number of hydrogen-bond donors (Lipinski definition) is 2. The monoisotopic (exact) mass is 329 g/mol. The Hall–Kier alpha value is -2.76. The molecule has 0 fully saturated rings. The fourth-order valence-electron chi connectivity index (χ4n) is 2.49. The highest BCUT2D eigenvalue weighted by molar-refractivity contribution is 5.94. The van der Waals surface area contributed by atoms with Crippen molar-refractivity contribution in [1.29, 1.82) is 0 Å². The molecule has 2 N–H and O–H groups in total. The Morgan fingerprint density at radius 3 is 2.67 bits per heavy atom. The van der Waals surface area contributed by atoms with E-state index in [1.807, 2.05) is 18.2 Å². The van der Waals surface area contributed by atoms with Crippen LogP contribution in [0.15, 0.2) is 46.6 Å². The van der Waals surface area contributed by atoms with E-state index in [1.165, 1.54) is 0 Å². The topological polar surface area (TPSA) is 60.7 Å². The number of aromatic amines is 1. The SMILES string of the molecule is CC(C)c1ccc2[nH]c(O)c(N=NCc3cc(F)ccc3F)c2c1. The van der Waals surface area contributed by atoms with Gasteiger partial charge in [0.15, 0.2) is 5.69 Å². The lowest BCUT2D eigenvalue weighted by Gasteiger charge is -2.04. The third-order valence-electron chi connectivity index (χ3n) is 3.86. The lowest BCUT2D eigenvalue weighted by atomic mass is 10.0. The average Bonchev–Trinajstić information content (AvgIpc) is 2.85. The lowest BCUT2D eigenvalue weighted by Crippen LogP contribution is -1.89. The molecule has 0 saturated carbocycles. The highest BCUT2D eigenvalue weighted by Gasteiger charge is 2.12. The Kier molecular flexibility index (Phi) is 4.29. The van der Waals surface area contributed by atoms with Crippen molar-refractivity contribution in [3.8, 4) is 5.88 Å². The van der Waals surface area contributed by atoms with E-state index in [4.69, 9.17) is 0 Å². The molecule has 3 rings (SSSR count). The van der Waals surface area contributed by atoms with Crippen LogP contribution < -0.4 is 0 Å². The van der Waals surface area contributed by atoms with E-state index in [0.717, 1.165) is 34.7 Å². The molecule has 0 saturated heterocycles. The van der Waals surface area contributed by atoms with Crippen LogP contribution in [0.3, 0.4) is 0 Å². The Balaban J connectivity index is 1.92. The van der Waals surface area contributed by atoms with Crippen molar-refractivity contribution in [1.82, 2.24) is 4.98 Å². The van der Waals surface area contributed by atoms with Crippen LogP contribution in [0.2, 0.25) is 0 Å². The first-order chi connectivity index (χ1) is 11.5. The molecule has 1 heterocycles. The number of nitrogens with zero attached hydrogens (tertiary/aromatic N) is 2. The van der Waals surface area contributed by atoms with Gasteiger partial charge in [-0.05, 0) is 41.8 Å². The minimum absolute atomic E-state index is 0.102. The molecule has 1 aromatic heterocycles. The molecule has 124 valence electrons. The van der Waals surface area contributed by atoms with Gasteiger partial charge < -0.3 is 10.1 Å². The molecule has 24 heavy (non-hydrogen) atoms. The second kappa shape index (κ2) is 6.39. The predicted molar refractivity (Wildman–Crippen MR) is 88.6 cm³/mol. The van der Waals surface area contributed by atoms with Crippen molar-refractivity contribution in [2.75, 3.05) is 0 Å². The summed E-state index contributed by atoms with van der Waals surface area (Å²) in [5.74, 6) is -0.842. The third kappa shape index (κ3) is 3.13. The Labute approximate surface area is 137 Å². The number of benzene rings is 2. The van der Waals surface area contributed by atoms with E-state index < -0.39 is 11.6 Å². The molecule has 0 bridgehead atoms. The second-order valence-corrected chi connectivity index (χ2v) is 5.92. The number of hydrogen-bond acceptors (Lipinski definition) is 3. The van der Waals surface area contributed by atoms with Crippen LogP contribution in [0, 0.1) is 11.6 Å². The molecule has 2 aromatic carbocycles. The maximum Gasteiger partial charge on any atom is 0.218 e. The van der Waals surface area contributed by atoms with Gasteiger partial charge in [0, 0.05) is 10.9 Å². The number of azo groups is 1. The van der Waals surface area contributed by atoms with Crippen LogP contribution in [0.5, 0.6) is 5.88 Å². The third-order valence-corrected chi connectivity index (χ3v) is 3.86. The van der Waals surface area contributed by atoms with Gasteiger partial charge >= 0.3 is 0 Å². The standard InChI is InChI=1S/C18H17F2N3O/c1-10(2)11-3-6-16-14(8-11)17(18(24)22-16)23-21-9-12-7-13(19)4-5-15(12)20/h3-8,10,22,24H,9H2,1-2H3. The summed E-state index contributed by atoms with van der Waals surface area (Å²) in [7, 11) is 0. The number of aromatic hydroxyl groups is 1. The number of rotatable bonds is 4. The largest absolute Gasteiger partial charge is 0.493 e. The van der Waals surface area contributed by atoms with Gasteiger partial charge in [0.1, 0.15) is 11.6 Å². The van der Waals surface area contributed by atoms with Gasteiger partial charge in [0.25, 0.3) is 0 Å². The Morgan fingerprint density at radius 2 is 1.92 bits per heavy atom. The molecule has 0 atom stereocenters. The van der Waals surface area contributed by atoms with Crippen LogP contribution in [0.25, 0.3) is 10.9 Å². The van der Waals surface area contributed by atoms with Gasteiger partial charge in [0.2, 0.25) is 5.88 Å². The summed E-state index contributed by atoms with van der Waals surface area (Å²) in [6.07, 6.45) is 0. The van der Waals surface area contributed by atoms with E-state index in [2.05, 4.69) is 29.1 Å². The van der Waals surface area contributed by atoms with Gasteiger partial charge in [0.05, 0.1) is 12.1 Å². The van der Waals surface area contributed by atoms with Crippen LogP contribution >= 0.6 is 0 Å². The molecule has 0 aliphatic rings. The highest BCUT2D eigenvalue weighted by atomic mass is 19.1. The van der Waals surface area contributed by atoms with Gasteiger partial charge in [-0.3, -0.25) is 0 Å². The van der Waals surface area contributed by atoms with Crippen molar-refractivity contribution in [2.45, 2.75) is 26.3 Å². The molecule has 0 unspecified atom stereocenters. The van der Waals surface area contributed by atoms with Crippen molar-refractivity contribution in [3.63, 3.8) is 0 Å². The molecular weight excluding hydrogens is 312 g/mol. The summed E-state index contributed by atoms with van der Waals surface area (Å²) >= 11 is 0. The molecule has 3 aromatic rings. The predicted octanol–water partition coefficient (Wildman–Crippen LogP) is 5.56. The molecular formula is C18H17F2N3O. The summed E-state index contributed by atoms with van der Waals surface area (Å²) in [5, 5.41) is 18.7. The summed E-state index contributed by atoms with van der Waals surface area (Å²) in [4.78, 5) is 2.83. The van der Waals surface area contributed by atoms with E-state index in [0.29, 0.717) is 11.6 Å². The number of fused-ring (bicyclic) bond motifs is 1. The Bertz CT molecular complexity index is 916. The zero-order chi connectivity index (χ0) is 17.3. The first-order valence-electron chi connectivity index (χ1n) is 7.61. The molecule has 4 nitrogen and oxygen atoms in total. The van der Waals surface area contributed by atoms with Crippen LogP contribution in [0.1, 0.15) is 30.9 Å². The zero-order valence-corrected chi connectivity index (χ0v) is 13.3. The zero-order valence-electron chi connectivity index (χ0n) is 13.3. The quantitative estimate of drug-likeness (QED) is 0.605. The summed E-state index contributed by atoms with van der Waals surface area (Å²) < 4.78 is 26.7. The average molecular weight is 329 g/mol. The van der Waals surface area contributed by atoms with Gasteiger partial charge in [-0.2, -0.15) is 5.11 Å². The van der Waals surface area contributed by atoms with E-state index >= 15 is 0 Å². The normalized spacial score (nSPS) is 11.9. The molecule has 6 heteroatoms. The number of H-pyrrole nitrogens is 1.